The van der Waals surface area contributed by atoms with Gasteiger partial charge in [-0.15, -0.1) is 0 Å². The fourth-order valence-electron chi connectivity index (χ4n) is 2.18. The number of hydrogen-bond acceptors (Lipinski definition) is 4. The van der Waals surface area contributed by atoms with E-state index in [0.717, 1.165) is 25.1 Å². The number of nitrogens with one attached hydrogen (secondary N) is 1. The third-order valence-corrected chi connectivity index (χ3v) is 6.20. The molecule has 0 aliphatic rings. The molecule has 0 fully saturated rings. The summed E-state index contributed by atoms with van der Waals surface area (Å²) >= 11 is 5.29. The van der Waals surface area contributed by atoms with Gasteiger partial charge in [-0.3, -0.25) is 4.79 Å². The van der Waals surface area contributed by atoms with Crippen molar-refractivity contribution in [3.05, 3.63) is 21.0 Å². The Hall–Kier alpha value is -0.490. The van der Waals surface area contributed by atoms with Crippen molar-refractivity contribution < 1.29 is 0 Å². The van der Waals surface area contributed by atoms with Gasteiger partial charge in [0.1, 0.15) is 4.47 Å². The Morgan fingerprint density at radius 2 is 2.05 bits per heavy atom. The Bertz CT molecular complexity index is 504. The summed E-state index contributed by atoms with van der Waals surface area (Å²) in [6.45, 7) is 10.0. The van der Waals surface area contributed by atoms with Gasteiger partial charge in [0.15, 0.2) is 0 Å². The van der Waals surface area contributed by atoms with Crippen LogP contribution in [0, 0.1) is 5.92 Å². The number of aromatic nitrogens is 2. The fourth-order valence-corrected chi connectivity index (χ4v) is 3.42. The van der Waals surface area contributed by atoms with Crippen LogP contribution in [0.15, 0.2) is 15.5 Å². The average Bonchev–Trinajstić information content (AvgIpc) is 2.47. The smallest absolute Gasteiger partial charge is 0.283 e. The third-order valence-electron chi connectivity index (χ3n) is 3.85. The van der Waals surface area contributed by atoms with Crippen molar-refractivity contribution >= 4 is 33.4 Å². The summed E-state index contributed by atoms with van der Waals surface area (Å²) in [5.74, 6) is 0.394. The van der Waals surface area contributed by atoms with Crippen LogP contribution in [0.1, 0.15) is 40.5 Å². The first-order chi connectivity index (χ1) is 9.89. The lowest BCUT2D eigenvalue weighted by atomic mass is 10.0. The molecular weight excluding hydrogens is 350 g/mol. The molecule has 0 radical (unpaired) electrons. The highest BCUT2D eigenvalue weighted by Crippen LogP contribution is 2.31. The van der Waals surface area contributed by atoms with Gasteiger partial charge in [0.05, 0.1) is 11.9 Å². The molecule has 0 aliphatic carbocycles. The lowest BCUT2D eigenvalue weighted by molar-refractivity contribution is 0.462. The molecule has 1 aromatic heterocycles. The summed E-state index contributed by atoms with van der Waals surface area (Å²) in [4.78, 5) is 12.3. The second-order valence-electron chi connectivity index (χ2n) is 5.70. The van der Waals surface area contributed by atoms with E-state index < -0.39 is 0 Å². The molecule has 0 unspecified atom stereocenters. The molecule has 0 saturated heterocycles. The van der Waals surface area contributed by atoms with Crippen molar-refractivity contribution in [3.8, 4) is 0 Å². The molecule has 0 saturated carbocycles. The zero-order valence-electron chi connectivity index (χ0n) is 13.6. The molecule has 21 heavy (non-hydrogen) atoms. The molecule has 1 heterocycles. The molecule has 0 aromatic carbocycles. The first-order valence-corrected chi connectivity index (χ1v) is 9.45. The molecule has 0 atom stereocenters. The predicted molar refractivity (Wildman–Crippen MR) is 96.4 cm³/mol. The number of rotatable bonds is 8. The maximum absolute atomic E-state index is 12.3. The van der Waals surface area contributed by atoms with Gasteiger partial charge >= 0.3 is 0 Å². The number of nitrogens with zero attached hydrogens (tertiary/aromatic N) is 2. The van der Waals surface area contributed by atoms with E-state index in [1.807, 2.05) is 11.8 Å². The zero-order valence-corrected chi connectivity index (χ0v) is 16.0. The number of thioether (sulfide) groups is 1. The van der Waals surface area contributed by atoms with Crippen LogP contribution in [-0.2, 0) is 6.54 Å². The predicted octanol–water partition coefficient (Wildman–Crippen LogP) is 4.00. The van der Waals surface area contributed by atoms with Crippen LogP contribution in [0.2, 0.25) is 0 Å². The molecule has 0 amide bonds. The van der Waals surface area contributed by atoms with Crippen molar-refractivity contribution in [1.82, 2.24) is 9.78 Å². The Morgan fingerprint density at radius 3 is 2.52 bits per heavy atom. The molecule has 120 valence electrons. The molecule has 1 aromatic rings. The molecule has 1 rings (SSSR count). The zero-order chi connectivity index (χ0) is 16.0. The Morgan fingerprint density at radius 1 is 1.43 bits per heavy atom. The van der Waals surface area contributed by atoms with Crippen molar-refractivity contribution in [1.29, 1.82) is 0 Å². The van der Waals surface area contributed by atoms with E-state index in [1.54, 1.807) is 6.20 Å². The summed E-state index contributed by atoms with van der Waals surface area (Å²) < 4.78 is 2.29. The molecule has 4 nitrogen and oxygen atoms in total. The maximum atomic E-state index is 12.3. The first-order valence-electron chi connectivity index (χ1n) is 7.43. The van der Waals surface area contributed by atoms with E-state index in [4.69, 9.17) is 0 Å². The third kappa shape index (κ3) is 4.74. The second kappa shape index (κ2) is 8.22. The fraction of sp³-hybridized carbons (Fsp3) is 0.733. The number of hydrogen-bond donors (Lipinski definition) is 1. The van der Waals surface area contributed by atoms with Crippen molar-refractivity contribution in [2.24, 2.45) is 5.92 Å². The minimum absolute atomic E-state index is 0.0727. The quantitative estimate of drug-likeness (QED) is 0.745. The van der Waals surface area contributed by atoms with Gasteiger partial charge in [-0.25, -0.2) is 4.68 Å². The van der Waals surface area contributed by atoms with Crippen LogP contribution in [0.5, 0.6) is 0 Å². The van der Waals surface area contributed by atoms with E-state index in [9.17, 15) is 4.79 Å². The standard InChI is InChI=1S/C15H26BrN3OS/c1-6-15(7-2,21-5)10-17-12-8-18-19(9-11(3)4)14(20)13(12)16/h8,11,17H,6-7,9-10H2,1-5H3. The topological polar surface area (TPSA) is 46.9 Å². The highest BCUT2D eigenvalue weighted by molar-refractivity contribution is 9.10. The largest absolute Gasteiger partial charge is 0.381 e. The van der Waals surface area contributed by atoms with E-state index in [2.05, 4.69) is 60.3 Å². The van der Waals surface area contributed by atoms with E-state index in [0.29, 0.717) is 16.9 Å². The van der Waals surface area contributed by atoms with Crippen molar-refractivity contribution in [2.45, 2.75) is 51.8 Å². The van der Waals surface area contributed by atoms with Gasteiger partial charge < -0.3 is 5.32 Å². The molecule has 0 bridgehead atoms. The van der Waals surface area contributed by atoms with Gasteiger partial charge in [-0.2, -0.15) is 16.9 Å². The molecule has 0 aliphatic heterocycles. The van der Waals surface area contributed by atoms with Gasteiger partial charge in [0, 0.05) is 17.8 Å². The summed E-state index contributed by atoms with van der Waals surface area (Å²) in [6, 6.07) is 0. The van der Waals surface area contributed by atoms with Crippen molar-refractivity contribution in [3.63, 3.8) is 0 Å². The van der Waals surface area contributed by atoms with Crippen LogP contribution in [0.4, 0.5) is 5.69 Å². The van der Waals surface area contributed by atoms with Crippen LogP contribution >= 0.6 is 27.7 Å². The van der Waals surface area contributed by atoms with Gasteiger partial charge in [0.2, 0.25) is 0 Å². The summed E-state index contributed by atoms with van der Waals surface area (Å²) in [5.41, 5.74) is 0.705. The second-order valence-corrected chi connectivity index (χ2v) is 7.77. The average molecular weight is 376 g/mol. The Labute approximate surface area is 140 Å². The number of halogens is 1. The highest BCUT2D eigenvalue weighted by atomic mass is 79.9. The maximum Gasteiger partial charge on any atom is 0.283 e. The molecule has 0 spiro atoms. The lowest BCUT2D eigenvalue weighted by Gasteiger charge is -2.30. The monoisotopic (exact) mass is 375 g/mol. The van der Waals surface area contributed by atoms with Crippen LogP contribution in [-0.4, -0.2) is 27.3 Å². The summed E-state index contributed by atoms with van der Waals surface area (Å²) in [6.07, 6.45) is 6.06. The number of anilines is 1. The SMILES string of the molecule is CCC(CC)(CNc1cnn(CC(C)C)c(=O)c1Br)SC. The summed E-state index contributed by atoms with van der Waals surface area (Å²) in [5, 5.41) is 7.65. The Kier molecular flexibility index (Phi) is 7.27. The molecule has 6 heteroatoms. The lowest BCUT2D eigenvalue weighted by Crippen LogP contribution is -2.33. The van der Waals surface area contributed by atoms with E-state index in [-0.39, 0.29) is 10.3 Å². The van der Waals surface area contributed by atoms with E-state index in [1.165, 1.54) is 4.68 Å². The van der Waals surface area contributed by atoms with Crippen molar-refractivity contribution in [2.75, 3.05) is 18.1 Å². The first kappa shape index (κ1) is 18.6. The highest BCUT2D eigenvalue weighted by Gasteiger charge is 2.25. The van der Waals surface area contributed by atoms with Gasteiger partial charge in [-0.1, -0.05) is 27.7 Å². The Balaban J connectivity index is 2.91. The van der Waals surface area contributed by atoms with Gasteiger partial charge in [-0.05, 0) is 40.9 Å². The van der Waals surface area contributed by atoms with E-state index >= 15 is 0 Å². The minimum Gasteiger partial charge on any atom is -0.381 e. The van der Waals surface area contributed by atoms with Crippen LogP contribution < -0.4 is 10.9 Å². The van der Waals surface area contributed by atoms with Crippen LogP contribution in [0.3, 0.4) is 0 Å². The minimum atomic E-state index is -0.0727. The molecule has 1 N–H and O–H groups in total. The molecular formula is C15H26BrN3OS. The van der Waals surface area contributed by atoms with Crippen LogP contribution in [0.25, 0.3) is 0 Å². The summed E-state index contributed by atoms with van der Waals surface area (Å²) in [7, 11) is 0. The normalized spacial score (nSPS) is 12.0. The van der Waals surface area contributed by atoms with Gasteiger partial charge in [0.25, 0.3) is 5.56 Å².